The summed E-state index contributed by atoms with van der Waals surface area (Å²) >= 11 is 0. The lowest BCUT2D eigenvalue weighted by molar-refractivity contribution is -0.145. The van der Waals surface area contributed by atoms with E-state index in [1.165, 1.54) is 12.8 Å². The van der Waals surface area contributed by atoms with Gasteiger partial charge in [0.25, 0.3) is 0 Å². The molecule has 2 amide bonds. The molecule has 4 nitrogen and oxygen atoms in total. The fourth-order valence-electron chi connectivity index (χ4n) is 2.72. The number of piperazine rings is 1. The summed E-state index contributed by atoms with van der Waals surface area (Å²) in [6.45, 7) is 7.32. The summed E-state index contributed by atoms with van der Waals surface area (Å²) in [5.74, 6) is 1.81. The van der Waals surface area contributed by atoms with E-state index in [0.29, 0.717) is 11.8 Å². The first-order valence-corrected chi connectivity index (χ1v) is 7.05. The van der Waals surface area contributed by atoms with Gasteiger partial charge in [0.2, 0.25) is 11.8 Å². The third-order valence-corrected chi connectivity index (χ3v) is 3.92. The molecule has 1 saturated carbocycles. The van der Waals surface area contributed by atoms with Gasteiger partial charge in [-0.15, -0.1) is 0 Å². The summed E-state index contributed by atoms with van der Waals surface area (Å²) < 4.78 is 0. The van der Waals surface area contributed by atoms with Gasteiger partial charge in [-0.1, -0.05) is 20.8 Å². The third-order valence-electron chi connectivity index (χ3n) is 3.92. The van der Waals surface area contributed by atoms with Crippen molar-refractivity contribution in [1.29, 1.82) is 0 Å². The van der Waals surface area contributed by atoms with Crippen LogP contribution in [0.1, 0.15) is 40.0 Å². The number of amides is 2. The molecule has 2 rings (SSSR count). The third kappa shape index (κ3) is 3.24. The van der Waals surface area contributed by atoms with Crippen molar-refractivity contribution in [3.63, 3.8) is 0 Å². The van der Waals surface area contributed by atoms with Crippen LogP contribution in [0.2, 0.25) is 0 Å². The van der Waals surface area contributed by atoms with Crippen molar-refractivity contribution in [2.75, 3.05) is 13.1 Å². The van der Waals surface area contributed by atoms with Gasteiger partial charge in [-0.2, -0.15) is 0 Å². The van der Waals surface area contributed by atoms with E-state index < -0.39 is 0 Å². The zero-order valence-electron chi connectivity index (χ0n) is 11.6. The highest BCUT2D eigenvalue weighted by Crippen LogP contribution is 2.37. The van der Waals surface area contributed by atoms with Crippen molar-refractivity contribution in [2.24, 2.45) is 17.8 Å². The number of nitrogens with zero attached hydrogens (tertiary/aromatic N) is 1. The first-order valence-electron chi connectivity index (χ1n) is 7.05. The maximum Gasteiger partial charge on any atom is 0.245 e. The number of carbonyl (C=O) groups excluding carboxylic acids is 2. The van der Waals surface area contributed by atoms with E-state index in [1.54, 1.807) is 4.90 Å². The average molecular weight is 252 g/mol. The largest absolute Gasteiger partial charge is 0.343 e. The smallest absolute Gasteiger partial charge is 0.245 e. The van der Waals surface area contributed by atoms with Crippen molar-refractivity contribution in [3.8, 4) is 0 Å². The topological polar surface area (TPSA) is 49.4 Å². The molecule has 102 valence electrons. The molecule has 1 aliphatic heterocycles. The Kier molecular flexibility index (Phi) is 3.93. The standard InChI is InChI=1S/C14H24N2O2/c1-9(2)6-12-14(18)16(8-13(17)15-12)7-10(3)11-4-5-11/h9-12H,4-8H2,1-3H3,(H,15,17). The van der Waals surface area contributed by atoms with Gasteiger partial charge >= 0.3 is 0 Å². The molecule has 2 atom stereocenters. The van der Waals surface area contributed by atoms with Crippen LogP contribution in [-0.2, 0) is 9.59 Å². The molecule has 2 fully saturated rings. The van der Waals surface area contributed by atoms with Crippen molar-refractivity contribution in [1.82, 2.24) is 10.2 Å². The predicted octanol–water partition coefficient (Wildman–Crippen LogP) is 1.41. The molecule has 0 aromatic carbocycles. The lowest BCUT2D eigenvalue weighted by Crippen LogP contribution is -2.59. The highest BCUT2D eigenvalue weighted by Gasteiger charge is 2.36. The Morgan fingerprint density at radius 3 is 2.50 bits per heavy atom. The Bertz CT molecular complexity index is 337. The molecule has 2 aliphatic rings. The zero-order valence-corrected chi connectivity index (χ0v) is 11.6. The fraction of sp³-hybridized carbons (Fsp3) is 0.857. The number of rotatable bonds is 5. The molecule has 4 heteroatoms. The first-order chi connectivity index (χ1) is 8.47. The minimum absolute atomic E-state index is 0.0109. The molecule has 1 N–H and O–H groups in total. The van der Waals surface area contributed by atoms with Gasteiger partial charge in [-0.05, 0) is 37.0 Å². The monoisotopic (exact) mass is 252 g/mol. The fourth-order valence-corrected chi connectivity index (χ4v) is 2.72. The Labute approximate surface area is 109 Å². The maximum atomic E-state index is 12.3. The molecule has 1 aliphatic carbocycles. The predicted molar refractivity (Wildman–Crippen MR) is 69.9 cm³/mol. The number of hydrogen-bond donors (Lipinski definition) is 1. The van der Waals surface area contributed by atoms with Gasteiger partial charge < -0.3 is 10.2 Å². The van der Waals surface area contributed by atoms with Gasteiger partial charge in [0.05, 0.1) is 6.54 Å². The average Bonchev–Trinajstić information content (AvgIpc) is 3.07. The maximum absolute atomic E-state index is 12.3. The zero-order chi connectivity index (χ0) is 13.3. The Balaban J connectivity index is 1.95. The van der Waals surface area contributed by atoms with Crippen LogP contribution in [0.25, 0.3) is 0 Å². The molecular weight excluding hydrogens is 228 g/mol. The van der Waals surface area contributed by atoms with E-state index in [1.807, 2.05) is 0 Å². The summed E-state index contributed by atoms with van der Waals surface area (Å²) in [5.41, 5.74) is 0. The SMILES string of the molecule is CC(C)CC1NC(=O)CN(CC(C)C2CC2)C1=O. The summed E-state index contributed by atoms with van der Waals surface area (Å²) in [5, 5.41) is 2.82. The van der Waals surface area contributed by atoms with Gasteiger partial charge in [-0.3, -0.25) is 9.59 Å². The number of nitrogens with one attached hydrogen (secondary N) is 1. The number of hydrogen-bond acceptors (Lipinski definition) is 2. The minimum atomic E-state index is -0.308. The lowest BCUT2D eigenvalue weighted by Gasteiger charge is -2.34. The van der Waals surface area contributed by atoms with Crippen LogP contribution in [0.4, 0.5) is 0 Å². The molecule has 0 bridgehead atoms. The Hall–Kier alpha value is -1.06. The molecule has 18 heavy (non-hydrogen) atoms. The minimum Gasteiger partial charge on any atom is -0.343 e. The van der Waals surface area contributed by atoms with Crippen LogP contribution in [0.5, 0.6) is 0 Å². The van der Waals surface area contributed by atoms with Crippen LogP contribution in [0, 0.1) is 17.8 Å². The highest BCUT2D eigenvalue weighted by molar-refractivity contribution is 5.94. The van der Waals surface area contributed by atoms with Crippen LogP contribution in [0.3, 0.4) is 0 Å². The van der Waals surface area contributed by atoms with E-state index >= 15 is 0 Å². The Morgan fingerprint density at radius 1 is 1.28 bits per heavy atom. The first kappa shape index (κ1) is 13.4. The molecule has 0 radical (unpaired) electrons. The summed E-state index contributed by atoms with van der Waals surface area (Å²) in [7, 11) is 0. The normalized spacial score (nSPS) is 26.4. The van der Waals surface area contributed by atoms with Gasteiger partial charge in [0.1, 0.15) is 6.04 Å². The highest BCUT2D eigenvalue weighted by atomic mass is 16.2. The molecular formula is C14H24N2O2. The van der Waals surface area contributed by atoms with Gasteiger partial charge in [-0.25, -0.2) is 0 Å². The summed E-state index contributed by atoms with van der Waals surface area (Å²) in [4.78, 5) is 25.7. The molecule has 1 heterocycles. The van der Waals surface area contributed by atoms with Gasteiger partial charge in [0.15, 0.2) is 0 Å². The van der Waals surface area contributed by atoms with E-state index in [2.05, 4.69) is 26.1 Å². The lowest BCUT2D eigenvalue weighted by atomic mass is 9.99. The molecule has 0 aromatic heterocycles. The van der Waals surface area contributed by atoms with Crippen molar-refractivity contribution in [3.05, 3.63) is 0 Å². The van der Waals surface area contributed by atoms with E-state index in [0.717, 1.165) is 18.9 Å². The van der Waals surface area contributed by atoms with Crippen LogP contribution in [0.15, 0.2) is 0 Å². The second kappa shape index (κ2) is 5.29. The van der Waals surface area contributed by atoms with Crippen molar-refractivity contribution >= 4 is 11.8 Å². The molecule has 0 aromatic rings. The Morgan fingerprint density at radius 2 is 1.94 bits per heavy atom. The van der Waals surface area contributed by atoms with Gasteiger partial charge in [0, 0.05) is 6.54 Å². The second-order valence-corrected chi connectivity index (χ2v) is 6.28. The van der Waals surface area contributed by atoms with Crippen molar-refractivity contribution < 1.29 is 9.59 Å². The molecule has 0 spiro atoms. The quantitative estimate of drug-likeness (QED) is 0.804. The summed E-state index contributed by atoms with van der Waals surface area (Å²) in [6, 6.07) is -0.308. The second-order valence-electron chi connectivity index (χ2n) is 6.28. The summed E-state index contributed by atoms with van der Waals surface area (Å²) in [6.07, 6.45) is 3.30. The molecule has 2 unspecified atom stereocenters. The van der Waals surface area contributed by atoms with E-state index in [4.69, 9.17) is 0 Å². The van der Waals surface area contributed by atoms with Crippen LogP contribution in [-0.4, -0.2) is 35.8 Å². The molecule has 1 saturated heterocycles. The van der Waals surface area contributed by atoms with Crippen LogP contribution < -0.4 is 5.32 Å². The van der Waals surface area contributed by atoms with E-state index in [-0.39, 0.29) is 24.4 Å². The van der Waals surface area contributed by atoms with Crippen molar-refractivity contribution in [2.45, 2.75) is 46.1 Å². The van der Waals surface area contributed by atoms with E-state index in [9.17, 15) is 9.59 Å². The van der Waals surface area contributed by atoms with Crippen LogP contribution >= 0.6 is 0 Å². The number of carbonyl (C=O) groups is 2.